The van der Waals surface area contributed by atoms with Crippen LogP contribution in [-0.2, 0) is 19.1 Å². The van der Waals surface area contributed by atoms with Crippen molar-refractivity contribution in [2.45, 2.75) is 52.7 Å². The third kappa shape index (κ3) is 3.13. The van der Waals surface area contributed by atoms with E-state index < -0.39 is 0 Å². The van der Waals surface area contributed by atoms with Crippen LogP contribution in [0.5, 0.6) is 0 Å². The van der Waals surface area contributed by atoms with E-state index in [0.717, 1.165) is 37.7 Å². The van der Waals surface area contributed by atoms with Crippen LogP contribution in [0.2, 0.25) is 0 Å². The molecule has 1 aliphatic rings. The Bertz CT molecular complexity index is 706. The number of aromatic nitrogens is 4. The summed E-state index contributed by atoms with van der Waals surface area (Å²) in [6.07, 6.45) is 3.91. The van der Waals surface area contributed by atoms with Crippen LogP contribution in [-0.4, -0.2) is 43.9 Å². The van der Waals surface area contributed by atoms with Crippen molar-refractivity contribution in [3.8, 4) is 0 Å². The molecule has 1 aliphatic heterocycles. The van der Waals surface area contributed by atoms with Gasteiger partial charge in [0.25, 0.3) is 0 Å². The molecule has 0 radical (unpaired) electrons. The quantitative estimate of drug-likeness (QED) is 0.937. The highest BCUT2D eigenvalue weighted by Gasteiger charge is 2.29. The second-order valence-electron chi connectivity index (χ2n) is 7.82. The lowest BCUT2D eigenvalue weighted by atomic mass is 10.1. The van der Waals surface area contributed by atoms with Crippen LogP contribution in [0.3, 0.4) is 0 Å². The highest BCUT2D eigenvalue weighted by atomic mass is 15.3. The molecular formula is C18H30N6. The summed E-state index contributed by atoms with van der Waals surface area (Å²) in [5.41, 5.74) is 3.78. The van der Waals surface area contributed by atoms with Gasteiger partial charge in [0, 0.05) is 56.9 Å². The fraction of sp³-hybridized carbons (Fsp3) is 0.667. The van der Waals surface area contributed by atoms with Crippen molar-refractivity contribution >= 4 is 0 Å². The van der Waals surface area contributed by atoms with Crippen molar-refractivity contribution in [2.24, 2.45) is 7.05 Å². The number of piperazine rings is 1. The molecule has 2 aromatic rings. The van der Waals surface area contributed by atoms with Gasteiger partial charge in [0.2, 0.25) is 0 Å². The van der Waals surface area contributed by atoms with Gasteiger partial charge in [-0.2, -0.15) is 5.10 Å². The Balaban J connectivity index is 1.89. The molecule has 1 unspecified atom stereocenters. The van der Waals surface area contributed by atoms with Gasteiger partial charge in [0.1, 0.15) is 5.82 Å². The summed E-state index contributed by atoms with van der Waals surface area (Å²) in [6, 6.07) is 0.301. The molecule has 0 spiro atoms. The van der Waals surface area contributed by atoms with E-state index in [2.05, 4.69) is 66.1 Å². The van der Waals surface area contributed by atoms with Crippen LogP contribution >= 0.6 is 0 Å². The molecule has 1 fully saturated rings. The Morgan fingerprint density at radius 1 is 1.29 bits per heavy atom. The molecule has 2 aromatic heterocycles. The first-order valence-electron chi connectivity index (χ1n) is 8.76. The lowest BCUT2D eigenvalue weighted by Crippen LogP contribution is -2.46. The number of hydrogen-bond acceptors (Lipinski definition) is 4. The third-order valence-corrected chi connectivity index (χ3v) is 4.95. The van der Waals surface area contributed by atoms with Gasteiger partial charge in [-0.05, 0) is 34.6 Å². The van der Waals surface area contributed by atoms with Crippen molar-refractivity contribution in [3.05, 3.63) is 35.2 Å². The monoisotopic (exact) mass is 330 g/mol. The zero-order valence-corrected chi connectivity index (χ0v) is 15.8. The zero-order chi connectivity index (χ0) is 17.5. The third-order valence-electron chi connectivity index (χ3n) is 4.95. The minimum atomic E-state index is 0.00955. The molecule has 0 saturated carbocycles. The van der Waals surface area contributed by atoms with Crippen LogP contribution in [0.4, 0.5) is 0 Å². The van der Waals surface area contributed by atoms with Crippen molar-refractivity contribution in [1.82, 2.24) is 29.5 Å². The molecule has 1 saturated heterocycles. The number of aryl methyl sites for hydroxylation is 2. The smallest absolute Gasteiger partial charge is 0.127 e. The summed E-state index contributed by atoms with van der Waals surface area (Å²) in [7, 11) is 2.07. The summed E-state index contributed by atoms with van der Waals surface area (Å²) in [5, 5.41) is 8.31. The topological polar surface area (TPSA) is 50.9 Å². The summed E-state index contributed by atoms with van der Waals surface area (Å²) < 4.78 is 4.29. The molecule has 0 aromatic carbocycles. The van der Waals surface area contributed by atoms with E-state index in [-0.39, 0.29) is 5.54 Å². The predicted molar refractivity (Wildman–Crippen MR) is 95.9 cm³/mol. The standard InChI is InChI=1S/C18H30N6/c1-13-15(14(2)24(21-13)18(3,4)5)12-23-10-7-19-11-16(23)17-20-8-9-22(17)6/h8-9,16,19H,7,10-12H2,1-6H3. The second-order valence-corrected chi connectivity index (χ2v) is 7.82. The van der Waals surface area contributed by atoms with E-state index in [1.54, 1.807) is 0 Å². The van der Waals surface area contributed by atoms with E-state index in [9.17, 15) is 0 Å². The van der Waals surface area contributed by atoms with Crippen LogP contribution in [0.15, 0.2) is 12.4 Å². The fourth-order valence-corrected chi connectivity index (χ4v) is 3.65. The van der Waals surface area contributed by atoms with Crippen LogP contribution in [0, 0.1) is 13.8 Å². The number of rotatable bonds is 3. The molecule has 1 atom stereocenters. The average Bonchev–Trinajstić information content (AvgIpc) is 3.05. The normalized spacial score (nSPS) is 19.8. The van der Waals surface area contributed by atoms with Crippen molar-refractivity contribution in [2.75, 3.05) is 19.6 Å². The number of hydrogen-bond donors (Lipinski definition) is 1. The second kappa shape index (κ2) is 6.33. The summed E-state index contributed by atoms with van der Waals surface area (Å²) >= 11 is 0. The van der Waals surface area contributed by atoms with Gasteiger partial charge in [0.15, 0.2) is 0 Å². The minimum absolute atomic E-state index is 0.00955. The zero-order valence-electron chi connectivity index (χ0n) is 15.8. The first-order valence-corrected chi connectivity index (χ1v) is 8.76. The molecule has 0 aliphatic carbocycles. The summed E-state index contributed by atoms with van der Waals surface area (Å²) in [6.45, 7) is 14.8. The lowest BCUT2D eigenvalue weighted by molar-refractivity contribution is 0.144. The molecule has 6 heteroatoms. The van der Waals surface area contributed by atoms with Crippen molar-refractivity contribution < 1.29 is 0 Å². The SMILES string of the molecule is Cc1nn(C(C)(C)C)c(C)c1CN1CCNCC1c1nccn1C. The van der Waals surface area contributed by atoms with Gasteiger partial charge in [-0.1, -0.05) is 0 Å². The van der Waals surface area contributed by atoms with Crippen molar-refractivity contribution in [3.63, 3.8) is 0 Å². The van der Waals surface area contributed by atoms with Crippen molar-refractivity contribution in [1.29, 1.82) is 0 Å². The van der Waals surface area contributed by atoms with Gasteiger partial charge in [-0.25, -0.2) is 4.98 Å². The van der Waals surface area contributed by atoms with E-state index in [0.29, 0.717) is 6.04 Å². The maximum atomic E-state index is 4.81. The lowest BCUT2D eigenvalue weighted by Gasteiger charge is -2.35. The summed E-state index contributed by atoms with van der Waals surface area (Å²) in [5.74, 6) is 1.13. The van der Waals surface area contributed by atoms with E-state index >= 15 is 0 Å². The van der Waals surface area contributed by atoms with Gasteiger partial charge in [-0.3, -0.25) is 9.58 Å². The molecule has 6 nitrogen and oxygen atoms in total. The largest absolute Gasteiger partial charge is 0.337 e. The Kier molecular flexibility index (Phi) is 4.53. The molecule has 1 N–H and O–H groups in total. The van der Waals surface area contributed by atoms with Crippen LogP contribution in [0.1, 0.15) is 49.6 Å². The number of nitrogens with one attached hydrogen (secondary N) is 1. The highest BCUT2D eigenvalue weighted by Crippen LogP contribution is 2.27. The number of imidazole rings is 1. The van der Waals surface area contributed by atoms with E-state index in [4.69, 9.17) is 5.10 Å². The first kappa shape index (κ1) is 17.2. The molecule has 24 heavy (non-hydrogen) atoms. The summed E-state index contributed by atoms with van der Waals surface area (Å²) in [4.78, 5) is 7.11. The number of nitrogens with zero attached hydrogens (tertiary/aromatic N) is 5. The molecular weight excluding hydrogens is 300 g/mol. The van der Waals surface area contributed by atoms with Crippen LogP contribution in [0.25, 0.3) is 0 Å². The predicted octanol–water partition coefficient (Wildman–Crippen LogP) is 2.13. The van der Waals surface area contributed by atoms with E-state index in [1.165, 1.54) is 11.3 Å². The van der Waals surface area contributed by atoms with Gasteiger partial charge in [-0.15, -0.1) is 0 Å². The Morgan fingerprint density at radius 2 is 2.04 bits per heavy atom. The Morgan fingerprint density at radius 3 is 2.62 bits per heavy atom. The minimum Gasteiger partial charge on any atom is -0.337 e. The molecule has 3 rings (SSSR count). The fourth-order valence-electron chi connectivity index (χ4n) is 3.65. The maximum absolute atomic E-state index is 4.81. The first-order chi connectivity index (χ1) is 11.3. The maximum Gasteiger partial charge on any atom is 0.127 e. The molecule has 3 heterocycles. The van der Waals surface area contributed by atoms with Gasteiger partial charge < -0.3 is 9.88 Å². The Labute approximate surface area is 144 Å². The average molecular weight is 330 g/mol. The highest BCUT2D eigenvalue weighted by molar-refractivity contribution is 5.26. The van der Waals surface area contributed by atoms with Gasteiger partial charge >= 0.3 is 0 Å². The molecule has 132 valence electrons. The molecule has 0 amide bonds. The Hall–Kier alpha value is -1.66. The van der Waals surface area contributed by atoms with E-state index in [1.807, 2.05) is 12.4 Å². The van der Waals surface area contributed by atoms with Crippen LogP contribution < -0.4 is 5.32 Å². The molecule has 0 bridgehead atoms. The van der Waals surface area contributed by atoms with Gasteiger partial charge in [0.05, 0.1) is 17.3 Å².